The third kappa shape index (κ3) is 5.49. The fourth-order valence-electron chi connectivity index (χ4n) is 6.41. The number of piperidine rings is 1. The summed E-state index contributed by atoms with van der Waals surface area (Å²) in [5, 5.41) is 13.5. The first-order valence-corrected chi connectivity index (χ1v) is 15.1. The van der Waals surface area contributed by atoms with Gasteiger partial charge in [-0.3, -0.25) is 14.5 Å². The Hall–Kier alpha value is -4.52. The highest BCUT2D eigenvalue weighted by Crippen LogP contribution is 2.44. The van der Waals surface area contributed by atoms with E-state index in [0.717, 1.165) is 31.7 Å². The third-order valence-electron chi connectivity index (χ3n) is 8.82. The van der Waals surface area contributed by atoms with Gasteiger partial charge in [0, 0.05) is 50.0 Å². The van der Waals surface area contributed by atoms with Crippen molar-refractivity contribution in [3.63, 3.8) is 0 Å². The number of hydrogen-bond donors (Lipinski definition) is 1. The maximum absolute atomic E-state index is 15.9. The second kappa shape index (κ2) is 12.1. The van der Waals surface area contributed by atoms with E-state index in [0.29, 0.717) is 42.9 Å². The molecule has 1 saturated carbocycles. The van der Waals surface area contributed by atoms with Crippen molar-refractivity contribution in [3.8, 4) is 5.75 Å². The Kier molecular flexibility index (Phi) is 8.21. The van der Waals surface area contributed by atoms with Crippen LogP contribution in [-0.4, -0.2) is 85.1 Å². The first-order valence-electron chi connectivity index (χ1n) is 15.1. The van der Waals surface area contributed by atoms with Crippen molar-refractivity contribution in [2.45, 2.75) is 44.7 Å². The Bertz CT molecular complexity index is 1770. The molecule has 2 fully saturated rings. The average molecular weight is 624 g/mol. The number of benzene rings is 2. The first-order chi connectivity index (χ1) is 21.6. The zero-order valence-corrected chi connectivity index (χ0v) is 25.4. The van der Waals surface area contributed by atoms with Gasteiger partial charge >= 0.3 is 5.97 Å². The van der Waals surface area contributed by atoms with Crippen LogP contribution in [0.15, 0.2) is 40.4 Å². The van der Waals surface area contributed by atoms with Crippen LogP contribution < -0.4 is 20.0 Å². The summed E-state index contributed by atoms with van der Waals surface area (Å²) in [6.07, 6.45) is 4.59. The summed E-state index contributed by atoms with van der Waals surface area (Å²) >= 11 is 0. The molecule has 6 rings (SSSR count). The fourth-order valence-corrected chi connectivity index (χ4v) is 6.41. The highest BCUT2D eigenvalue weighted by atomic mass is 19.1. The molecular formula is C32H35F2N5O6. The van der Waals surface area contributed by atoms with Gasteiger partial charge in [0.2, 0.25) is 5.43 Å². The fraction of sp³-hybridized carbons (Fsp3) is 0.438. The Morgan fingerprint density at radius 2 is 1.96 bits per heavy atom. The van der Waals surface area contributed by atoms with Gasteiger partial charge in [-0.1, -0.05) is 5.16 Å². The molecule has 2 aliphatic heterocycles. The topological polar surface area (TPSA) is 117 Å². The highest BCUT2D eigenvalue weighted by molar-refractivity contribution is 6.54. The molecule has 1 saturated heterocycles. The number of likely N-dealkylation sites (N-methyl/N-ethyl adjacent to an activating group) is 1. The summed E-state index contributed by atoms with van der Waals surface area (Å²) < 4.78 is 37.5. The molecule has 1 unspecified atom stereocenters. The molecule has 1 aromatic heterocycles. The third-order valence-corrected chi connectivity index (χ3v) is 8.82. The summed E-state index contributed by atoms with van der Waals surface area (Å²) in [6.45, 7) is 3.85. The molecule has 1 amide bonds. The largest absolute Gasteiger partial charge is 0.492 e. The lowest BCUT2D eigenvalue weighted by Crippen LogP contribution is -2.49. The molecule has 0 spiro atoms. The van der Waals surface area contributed by atoms with E-state index in [1.807, 2.05) is 11.9 Å². The molecule has 0 bridgehead atoms. The van der Waals surface area contributed by atoms with Crippen molar-refractivity contribution >= 4 is 39.9 Å². The van der Waals surface area contributed by atoms with Gasteiger partial charge < -0.3 is 29.0 Å². The van der Waals surface area contributed by atoms with Crippen molar-refractivity contribution in [3.05, 3.63) is 63.4 Å². The number of carbonyl (C=O) groups excluding carboxylic acids is 1. The molecule has 1 atom stereocenters. The van der Waals surface area contributed by atoms with Crippen molar-refractivity contribution in [1.29, 1.82) is 0 Å². The predicted molar refractivity (Wildman–Crippen MR) is 165 cm³/mol. The summed E-state index contributed by atoms with van der Waals surface area (Å²) in [6, 6.07) is 5.30. The van der Waals surface area contributed by atoms with E-state index < -0.39 is 28.6 Å². The molecule has 45 heavy (non-hydrogen) atoms. The Balaban J connectivity index is 1.26. The quantitative estimate of drug-likeness (QED) is 0.337. The van der Waals surface area contributed by atoms with Crippen LogP contribution in [0.1, 0.15) is 54.6 Å². The summed E-state index contributed by atoms with van der Waals surface area (Å²) in [4.78, 5) is 48.8. The van der Waals surface area contributed by atoms with Gasteiger partial charge in [0.25, 0.3) is 5.91 Å². The number of amides is 1. The molecule has 13 heteroatoms. The van der Waals surface area contributed by atoms with Crippen LogP contribution in [0.5, 0.6) is 5.75 Å². The smallest absolute Gasteiger partial charge is 0.341 e. The molecule has 1 N–H and O–H groups in total. The highest BCUT2D eigenvalue weighted by Gasteiger charge is 2.36. The number of hydrogen-bond acceptors (Lipinski definition) is 8. The maximum Gasteiger partial charge on any atom is 0.341 e. The number of ether oxygens (including phenoxy) is 1. The van der Waals surface area contributed by atoms with Gasteiger partial charge in [-0.05, 0) is 63.9 Å². The number of rotatable bonds is 10. The number of aromatic carboxylic acids is 1. The SMILES string of the molecule is CCO/N=C1/C(=O)N(CCN(C)C2CCCN(c3c(F)cc4c(=O)c(C(=O)O)cn(C5CC5)c4c3OC)C2)c2ccc(F)cc21. The second-order valence-electron chi connectivity index (χ2n) is 11.7. The molecule has 1 aliphatic carbocycles. The maximum atomic E-state index is 15.9. The summed E-state index contributed by atoms with van der Waals surface area (Å²) in [5.41, 5.74) is 0.509. The van der Waals surface area contributed by atoms with Crippen molar-refractivity contribution < 1.29 is 33.1 Å². The van der Waals surface area contributed by atoms with Crippen LogP contribution in [-0.2, 0) is 9.63 Å². The average Bonchev–Trinajstić information content (AvgIpc) is 3.83. The van der Waals surface area contributed by atoms with E-state index >= 15 is 4.39 Å². The predicted octanol–water partition coefficient (Wildman–Crippen LogP) is 4.01. The van der Waals surface area contributed by atoms with E-state index in [-0.39, 0.29) is 47.1 Å². The first kappa shape index (κ1) is 30.5. The molecule has 3 aromatic rings. The van der Waals surface area contributed by atoms with Crippen LogP contribution in [0.3, 0.4) is 0 Å². The summed E-state index contributed by atoms with van der Waals surface area (Å²) in [7, 11) is 3.37. The van der Waals surface area contributed by atoms with Crippen molar-refractivity contribution in [1.82, 2.24) is 9.47 Å². The number of carboxylic acid groups (broad SMARTS) is 1. The lowest BCUT2D eigenvalue weighted by atomic mass is 10.0. The van der Waals surface area contributed by atoms with Gasteiger partial charge in [0.15, 0.2) is 17.3 Å². The number of carbonyl (C=O) groups is 2. The van der Waals surface area contributed by atoms with Crippen LogP contribution in [0.4, 0.5) is 20.2 Å². The number of carboxylic acids is 1. The molecule has 3 aliphatic rings. The van der Waals surface area contributed by atoms with Crippen molar-refractivity contribution in [2.75, 3.05) is 56.7 Å². The van der Waals surface area contributed by atoms with Crippen LogP contribution in [0.2, 0.25) is 0 Å². The minimum atomic E-state index is -1.36. The zero-order valence-electron chi connectivity index (χ0n) is 25.4. The number of aromatic nitrogens is 1. The Morgan fingerprint density at radius 1 is 1.18 bits per heavy atom. The molecule has 2 aromatic carbocycles. The van der Waals surface area contributed by atoms with E-state index in [4.69, 9.17) is 9.57 Å². The number of fused-ring (bicyclic) bond motifs is 2. The Labute approximate surface area is 258 Å². The number of pyridine rings is 1. The van der Waals surface area contributed by atoms with Gasteiger partial charge in [0.1, 0.15) is 23.7 Å². The lowest BCUT2D eigenvalue weighted by molar-refractivity contribution is -0.112. The number of halogens is 2. The normalized spacial score (nSPS) is 19.1. The second-order valence-corrected chi connectivity index (χ2v) is 11.7. The number of anilines is 2. The van der Waals surface area contributed by atoms with E-state index in [2.05, 4.69) is 10.1 Å². The van der Waals surface area contributed by atoms with Gasteiger partial charge in [-0.2, -0.15) is 0 Å². The Morgan fingerprint density at radius 3 is 2.64 bits per heavy atom. The van der Waals surface area contributed by atoms with E-state index in [1.165, 1.54) is 25.4 Å². The number of nitrogens with zero attached hydrogens (tertiary/aromatic N) is 5. The van der Waals surface area contributed by atoms with Crippen LogP contribution >= 0.6 is 0 Å². The van der Waals surface area contributed by atoms with Crippen LogP contribution in [0, 0.1) is 11.6 Å². The monoisotopic (exact) mass is 623 g/mol. The number of oxime groups is 1. The molecule has 3 heterocycles. The molecular weight excluding hydrogens is 588 g/mol. The van der Waals surface area contributed by atoms with Crippen molar-refractivity contribution in [2.24, 2.45) is 5.16 Å². The minimum Gasteiger partial charge on any atom is -0.492 e. The van der Waals surface area contributed by atoms with Gasteiger partial charge in [0.05, 0.1) is 23.7 Å². The molecule has 238 valence electrons. The van der Waals surface area contributed by atoms with Gasteiger partial charge in [-0.15, -0.1) is 0 Å². The zero-order chi connectivity index (χ0) is 32.0. The van der Waals surface area contributed by atoms with E-state index in [1.54, 1.807) is 22.5 Å². The molecule has 11 nitrogen and oxygen atoms in total. The van der Waals surface area contributed by atoms with Gasteiger partial charge in [-0.25, -0.2) is 13.6 Å². The molecule has 0 radical (unpaired) electrons. The number of methoxy groups -OCH3 is 1. The lowest BCUT2D eigenvalue weighted by Gasteiger charge is -2.40. The summed E-state index contributed by atoms with van der Waals surface area (Å²) in [5.74, 6) is -2.64. The standard InChI is InChI=1S/C32H35F2N5O6/c1-4-45-35-26-21-14-18(33)7-10-25(21)38(31(26)41)13-12-36(2)20-6-5-11-37(16-20)28-24(34)15-22-27(30(28)44-3)39(19-8-9-19)17-23(29(22)40)32(42)43/h7,10,14-15,17,19-20H,4-6,8-9,11-13,16H2,1-3H3,(H,42,43)/b35-26+. The minimum absolute atomic E-state index is 0.000481. The van der Waals surface area contributed by atoms with E-state index in [9.17, 15) is 23.9 Å². The van der Waals surface area contributed by atoms with Crippen LogP contribution in [0.25, 0.3) is 10.9 Å².